The number of ether oxygens (including phenoxy) is 1. The molecule has 0 unspecified atom stereocenters. The highest BCUT2D eigenvalue weighted by Crippen LogP contribution is 2.35. The van der Waals surface area contributed by atoms with Gasteiger partial charge in [0.15, 0.2) is 0 Å². The second kappa shape index (κ2) is 6.48. The van der Waals surface area contributed by atoms with Crippen LogP contribution in [0.15, 0.2) is 22.7 Å². The molecule has 1 amide bonds. The Morgan fingerprint density at radius 1 is 1.38 bits per heavy atom. The zero-order chi connectivity index (χ0) is 17.5. The third kappa shape index (κ3) is 3.64. The number of hydrogen-bond acceptors (Lipinski definition) is 4. The zero-order valence-corrected chi connectivity index (χ0v) is 16.8. The van der Waals surface area contributed by atoms with Crippen molar-refractivity contribution in [2.45, 2.75) is 46.3 Å². The van der Waals surface area contributed by atoms with Crippen molar-refractivity contribution >= 4 is 33.4 Å². The molecule has 0 fully saturated rings. The van der Waals surface area contributed by atoms with E-state index in [1.54, 1.807) is 16.2 Å². The summed E-state index contributed by atoms with van der Waals surface area (Å²) in [5, 5.41) is 1.02. The van der Waals surface area contributed by atoms with Crippen molar-refractivity contribution in [1.29, 1.82) is 0 Å². The Morgan fingerprint density at radius 2 is 2.12 bits per heavy atom. The number of hydrogen-bond donors (Lipinski definition) is 0. The molecule has 128 valence electrons. The predicted octanol–water partition coefficient (Wildman–Crippen LogP) is 5.17. The fraction of sp³-hybridized carbons (Fsp3) is 0.444. The van der Waals surface area contributed by atoms with Gasteiger partial charge < -0.3 is 9.64 Å². The lowest BCUT2D eigenvalue weighted by Gasteiger charge is -2.29. The van der Waals surface area contributed by atoms with Crippen LogP contribution in [-0.2, 0) is 17.7 Å². The molecule has 3 rings (SSSR count). The second-order valence-electron chi connectivity index (χ2n) is 6.95. The summed E-state index contributed by atoms with van der Waals surface area (Å²) in [6.07, 6.45) is 0.528. The van der Waals surface area contributed by atoms with E-state index >= 15 is 0 Å². The lowest BCUT2D eigenvalue weighted by Crippen LogP contribution is -2.39. The Morgan fingerprint density at radius 3 is 2.83 bits per heavy atom. The summed E-state index contributed by atoms with van der Waals surface area (Å²) in [6.45, 7) is 8.99. The van der Waals surface area contributed by atoms with Crippen LogP contribution in [0.2, 0.25) is 0 Å². The fourth-order valence-electron chi connectivity index (χ4n) is 2.63. The minimum atomic E-state index is -0.469. The molecule has 0 radical (unpaired) electrons. The minimum Gasteiger partial charge on any atom is -0.444 e. The largest absolute Gasteiger partial charge is 0.444 e. The Labute approximate surface area is 155 Å². The first kappa shape index (κ1) is 17.4. The molecule has 2 heterocycles. The van der Waals surface area contributed by atoms with Crippen molar-refractivity contribution in [3.05, 3.63) is 38.8 Å². The van der Waals surface area contributed by atoms with Crippen LogP contribution >= 0.6 is 27.3 Å². The molecule has 1 aliphatic rings. The van der Waals surface area contributed by atoms with Crippen LogP contribution in [0.5, 0.6) is 0 Å². The van der Waals surface area contributed by atoms with Crippen molar-refractivity contribution in [2.24, 2.45) is 0 Å². The Hall–Kier alpha value is -1.40. The van der Waals surface area contributed by atoms with Crippen molar-refractivity contribution < 1.29 is 9.53 Å². The highest BCUT2D eigenvalue weighted by Gasteiger charge is 2.28. The van der Waals surface area contributed by atoms with Crippen molar-refractivity contribution in [1.82, 2.24) is 9.88 Å². The van der Waals surface area contributed by atoms with E-state index in [0.29, 0.717) is 13.1 Å². The topological polar surface area (TPSA) is 42.4 Å². The van der Waals surface area contributed by atoms with Gasteiger partial charge in [0, 0.05) is 27.9 Å². The molecule has 4 nitrogen and oxygen atoms in total. The number of carbonyl (C=O) groups excluding carboxylic acids is 1. The maximum absolute atomic E-state index is 12.3. The Balaban J connectivity index is 1.83. The summed E-state index contributed by atoms with van der Waals surface area (Å²) in [5.74, 6) is 0. The van der Waals surface area contributed by atoms with Crippen LogP contribution < -0.4 is 0 Å². The van der Waals surface area contributed by atoms with Crippen LogP contribution in [-0.4, -0.2) is 28.1 Å². The van der Waals surface area contributed by atoms with Gasteiger partial charge in [-0.25, -0.2) is 9.78 Å². The van der Waals surface area contributed by atoms with Gasteiger partial charge in [-0.15, -0.1) is 11.3 Å². The van der Waals surface area contributed by atoms with Gasteiger partial charge in [-0.05, 0) is 39.3 Å². The summed E-state index contributed by atoms with van der Waals surface area (Å²) in [4.78, 5) is 20.0. The average molecular weight is 409 g/mol. The maximum Gasteiger partial charge on any atom is 0.410 e. The lowest BCUT2D eigenvalue weighted by molar-refractivity contribution is 0.0225. The standard InChI is InChI=1S/C18H21BrN2O2S/c1-11-12(6-5-7-13(11)19)16-20-14-8-9-21(10-15(14)24-16)17(22)23-18(2,3)4/h5-7H,8-10H2,1-4H3. The van der Waals surface area contributed by atoms with Gasteiger partial charge in [0.1, 0.15) is 10.6 Å². The lowest BCUT2D eigenvalue weighted by atomic mass is 10.1. The van der Waals surface area contributed by atoms with Crippen molar-refractivity contribution in [2.75, 3.05) is 6.54 Å². The quantitative estimate of drug-likeness (QED) is 0.652. The van der Waals surface area contributed by atoms with E-state index in [1.165, 1.54) is 5.56 Å². The van der Waals surface area contributed by atoms with E-state index in [-0.39, 0.29) is 6.09 Å². The minimum absolute atomic E-state index is 0.248. The zero-order valence-electron chi connectivity index (χ0n) is 14.4. The molecule has 0 bridgehead atoms. The summed E-state index contributed by atoms with van der Waals surface area (Å²) in [6, 6.07) is 6.16. The number of nitrogens with zero attached hydrogens (tertiary/aromatic N) is 2. The molecule has 6 heteroatoms. The number of fused-ring (bicyclic) bond motifs is 1. The normalized spacial score (nSPS) is 14.5. The average Bonchev–Trinajstić information content (AvgIpc) is 2.91. The molecule has 0 aliphatic carbocycles. The highest BCUT2D eigenvalue weighted by molar-refractivity contribution is 9.10. The van der Waals surface area contributed by atoms with Gasteiger partial charge in [0.2, 0.25) is 0 Å². The van der Waals surface area contributed by atoms with E-state index in [2.05, 4.69) is 28.9 Å². The van der Waals surface area contributed by atoms with E-state index in [0.717, 1.165) is 32.0 Å². The first-order chi connectivity index (χ1) is 11.2. The molecule has 0 saturated carbocycles. The van der Waals surface area contributed by atoms with Crippen molar-refractivity contribution in [3.8, 4) is 10.6 Å². The number of thiazole rings is 1. The number of rotatable bonds is 1. The number of amides is 1. The van der Waals surface area contributed by atoms with Crippen LogP contribution in [0.1, 0.15) is 36.9 Å². The number of aromatic nitrogens is 1. The van der Waals surface area contributed by atoms with Crippen molar-refractivity contribution in [3.63, 3.8) is 0 Å². The van der Waals surface area contributed by atoms with Crippen LogP contribution in [0.3, 0.4) is 0 Å². The van der Waals surface area contributed by atoms with Crippen LogP contribution in [0.25, 0.3) is 10.6 Å². The summed E-state index contributed by atoms with van der Waals surface area (Å²) in [5.41, 5.74) is 2.97. The Bertz CT molecular complexity index is 780. The number of benzene rings is 1. The summed E-state index contributed by atoms with van der Waals surface area (Å²) >= 11 is 5.25. The first-order valence-corrected chi connectivity index (χ1v) is 9.57. The molecule has 1 aliphatic heterocycles. The van der Waals surface area contributed by atoms with E-state index in [4.69, 9.17) is 9.72 Å². The third-order valence-electron chi connectivity index (χ3n) is 3.88. The number of carbonyl (C=O) groups is 1. The molecule has 0 atom stereocenters. The molecule has 1 aromatic heterocycles. The third-order valence-corrected chi connectivity index (χ3v) is 5.86. The molecule has 0 N–H and O–H groups in total. The smallest absolute Gasteiger partial charge is 0.410 e. The van der Waals surface area contributed by atoms with Gasteiger partial charge in [0.05, 0.1) is 12.2 Å². The van der Waals surface area contributed by atoms with E-state index < -0.39 is 5.60 Å². The maximum atomic E-state index is 12.3. The molecule has 1 aromatic carbocycles. The van der Waals surface area contributed by atoms with E-state index in [1.807, 2.05) is 32.9 Å². The molecular weight excluding hydrogens is 388 g/mol. The molecular formula is C18H21BrN2O2S. The second-order valence-corrected chi connectivity index (χ2v) is 8.89. The SMILES string of the molecule is Cc1c(Br)cccc1-c1nc2c(s1)CN(C(=O)OC(C)(C)C)CC2. The summed E-state index contributed by atoms with van der Waals surface area (Å²) in [7, 11) is 0. The Kier molecular flexibility index (Phi) is 4.71. The van der Waals surface area contributed by atoms with Gasteiger partial charge in [-0.3, -0.25) is 0 Å². The molecule has 0 spiro atoms. The van der Waals surface area contributed by atoms with Gasteiger partial charge >= 0.3 is 6.09 Å². The van der Waals surface area contributed by atoms with Gasteiger partial charge in [0.25, 0.3) is 0 Å². The predicted molar refractivity (Wildman–Crippen MR) is 100 cm³/mol. The monoisotopic (exact) mass is 408 g/mol. The first-order valence-electron chi connectivity index (χ1n) is 7.96. The molecule has 24 heavy (non-hydrogen) atoms. The van der Waals surface area contributed by atoms with Crippen LogP contribution in [0, 0.1) is 6.92 Å². The van der Waals surface area contributed by atoms with Crippen LogP contribution in [0.4, 0.5) is 4.79 Å². The molecule has 2 aromatic rings. The fourth-order valence-corrected chi connectivity index (χ4v) is 4.20. The highest BCUT2D eigenvalue weighted by atomic mass is 79.9. The van der Waals surface area contributed by atoms with Gasteiger partial charge in [-0.1, -0.05) is 28.1 Å². The number of halogens is 1. The van der Waals surface area contributed by atoms with Gasteiger partial charge in [-0.2, -0.15) is 0 Å². The summed E-state index contributed by atoms with van der Waals surface area (Å²) < 4.78 is 6.57. The van der Waals surface area contributed by atoms with E-state index in [9.17, 15) is 4.79 Å². The molecule has 0 saturated heterocycles.